The number of anilines is 1. The van der Waals surface area contributed by atoms with Crippen LogP contribution >= 0.6 is 0 Å². The number of Topliss-reactive ketones (excluding diaryl/α,β-unsaturated/α-hetero) is 1. The molecule has 1 aliphatic carbocycles. The van der Waals surface area contributed by atoms with Gasteiger partial charge < -0.3 is 22.9 Å². The van der Waals surface area contributed by atoms with Gasteiger partial charge in [0.05, 0.1) is 5.92 Å². The minimum Gasteiger partial charge on any atom is -0.399 e. The molecule has 2 rings (SSSR count). The van der Waals surface area contributed by atoms with Gasteiger partial charge in [0.2, 0.25) is 0 Å². The van der Waals surface area contributed by atoms with Crippen LogP contribution in [0.2, 0.25) is 0 Å². The Morgan fingerprint density at radius 2 is 1.94 bits per heavy atom. The van der Waals surface area contributed by atoms with Gasteiger partial charge in [0.1, 0.15) is 5.66 Å². The van der Waals surface area contributed by atoms with Crippen LogP contribution in [0.1, 0.15) is 10.4 Å². The van der Waals surface area contributed by atoms with Gasteiger partial charge in [-0.05, 0) is 24.3 Å². The molecule has 0 radical (unpaired) electrons. The normalized spacial score (nSPS) is 21.4. The standard InChI is InChI=1S/C13H16N4O/c14-10-3-1-2-8(6-10)12(18)9-4-5-13(16,17)11(15)7-9/h1-7,9H,14-17H2. The van der Waals surface area contributed by atoms with Crippen molar-refractivity contribution in [3.63, 3.8) is 0 Å². The van der Waals surface area contributed by atoms with Crippen LogP contribution in [-0.4, -0.2) is 11.4 Å². The summed E-state index contributed by atoms with van der Waals surface area (Å²) in [6.07, 6.45) is 4.77. The molecule has 5 heteroatoms. The van der Waals surface area contributed by atoms with E-state index in [4.69, 9.17) is 22.9 Å². The lowest BCUT2D eigenvalue weighted by atomic mass is 9.89. The highest BCUT2D eigenvalue weighted by molar-refractivity contribution is 6.01. The van der Waals surface area contributed by atoms with Gasteiger partial charge in [0.15, 0.2) is 5.78 Å². The van der Waals surface area contributed by atoms with Crippen LogP contribution in [0.4, 0.5) is 5.69 Å². The molecule has 0 aliphatic heterocycles. The SMILES string of the molecule is NC1=CC(C(=O)c2cccc(N)c2)C=CC1(N)N. The summed E-state index contributed by atoms with van der Waals surface area (Å²) in [6, 6.07) is 6.80. The van der Waals surface area contributed by atoms with Gasteiger partial charge in [-0.1, -0.05) is 18.2 Å². The van der Waals surface area contributed by atoms with Gasteiger partial charge >= 0.3 is 0 Å². The Balaban J connectivity index is 2.27. The molecular weight excluding hydrogens is 228 g/mol. The summed E-state index contributed by atoms with van der Waals surface area (Å²) >= 11 is 0. The number of nitrogen functional groups attached to an aromatic ring is 1. The van der Waals surface area contributed by atoms with E-state index in [1.54, 1.807) is 36.4 Å². The zero-order valence-electron chi connectivity index (χ0n) is 9.84. The minimum absolute atomic E-state index is 0.0861. The van der Waals surface area contributed by atoms with Crippen LogP contribution in [0.3, 0.4) is 0 Å². The van der Waals surface area contributed by atoms with Gasteiger partial charge in [-0.2, -0.15) is 0 Å². The van der Waals surface area contributed by atoms with Crippen molar-refractivity contribution < 1.29 is 4.79 Å². The smallest absolute Gasteiger partial charge is 0.173 e. The van der Waals surface area contributed by atoms with E-state index in [0.29, 0.717) is 11.3 Å². The molecular formula is C13H16N4O. The zero-order valence-corrected chi connectivity index (χ0v) is 9.84. The van der Waals surface area contributed by atoms with E-state index in [1.807, 2.05) is 0 Å². The van der Waals surface area contributed by atoms with Gasteiger partial charge in [0, 0.05) is 16.9 Å². The van der Waals surface area contributed by atoms with Crippen LogP contribution in [0, 0.1) is 5.92 Å². The second-order valence-corrected chi connectivity index (χ2v) is 4.43. The highest BCUT2D eigenvalue weighted by Crippen LogP contribution is 2.21. The first-order valence-electron chi connectivity index (χ1n) is 5.55. The Labute approximate surface area is 105 Å². The highest BCUT2D eigenvalue weighted by atomic mass is 16.1. The maximum atomic E-state index is 12.2. The molecule has 5 nitrogen and oxygen atoms in total. The second-order valence-electron chi connectivity index (χ2n) is 4.43. The summed E-state index contributed by atoms with van der Waals surface area (Å²) in [5.74, 6) is -0.538. The van der Waals surface area contributed by atoms with Gasteiger partial charge in [-0.15, -0.1) is 0 Å². The third kappa shape index (κ3) is 2.27. The molecule has 1 aliphatic rings. The third-order valence-corrected chi connectivity index (χ3v) is 2.91. The monoisotopic (exact) mass is 244 g/mol. The van der Waals surface area contributed by atoms with Gasteiger partial charge in [-0.25, -0.2) is 0 Å². The summed E-state index contributed by atoms with van der Waals surface area (Å²) < 4.78 is 0. The number of allylic oxidation sites excluding steroid dienone is 2. The van der Waals surface area contributed by atoms with Crippen molar-refractivity contribution in [3.8, 4) is 0 Å². The van der Waals surface area contributed by atoms with Crippen LogP contribution < -0.4 is 22.9 Å². The van der Waals surface area contributed by atoms with Crippen molar-refractivity contribution >= 4 is 11.5 Å². The molecule has 0 heterocycles. The Kier molecular flexibility index (Phi) is 2.94. The number of benzene rings is 1. The molecule has 1 aromatic rings. The summed E-state index contributed by atoms with van der Waals surface area (Å²) in [7, 11) is 0. The van der Waals surface area contributed by atoms with Crippen molar-refractivity contribution in [1.82, 2.24) is 0 Å². The number of hydrogen-bond donors (Lipinski definition) is 4. The number of carbonyl (C=O) groups excluding carboxylic acids is 1. The Hall–Kier alpha value is -2.11. The fourth-order valence-corrected chi connectivity index (χ4v) is 1.80. The predicted molar refractivity (Wildman–Crippen MR) is 71.2 cm³/mol. The summed E-state index contributed by atoms with van der Waals surface area (Å²) in [5.41, 5.74) is 23.0. The molecule has 0 saturated heterocycles. The van der Waals surface area contributed by atoms with Gasteiger partial charge in [0.25, 0.3) is 0 Å². The maximum absolute atomic E-state index is 12.2. The van der Waals surface area contributed by atoms with Crippen LogP contribution in [0.25, 0.3) is 0 Å². The molecule has 0 bridgehead atoms. The topological polar surface area (TPSA) is 121 Å². The highest BCUT2D eigenvalue weighted by Gasteiger charge is 2.27. The maximum Gasteiger partial charge on any atom is 0.173 e. The van der Waals surface area contributed by atoms with E-state index in [1.165, 1.54) is 6.08 Å². The number of carbonyl (C=O) groups is 1. The van der Waals surface area contributed by atoms with Crippen LogP contribution in [0.15, 0.2) is 48.2 Å². The lowest BCUT2D eigenvalue weighted by Crippen LogP contribution is -2.53. The molecule has 94 valence electrons. The summed E-state index contributed by atoms with van der Waals surface area (Å²) in [6.45, 7) is 0. The predicted octanol–water partition coefficient (Wildman–Crippen LogP) is 0.0938. The average molecular weight is 244 g/mol. The lowest BCUT2D eigenvalue weighted by molar-refractivity contribution is 0.0963. The van der Waals surface area contributed by atoms with Crippen molar-refractivity contribution in [2.75, 3.05) is 5.73 Å². The van der Waals surface area contributed by atoms with E-state index in [0.717, 1.165) is 0 Å². The Morgan fingerprint density at radius 3 is 2.56 bits per heavy atom. The molecule has 0 saturated carbocycles. The number of ketones is 1. The minimum atomic E-state index is -1.17. The van der Waals surface area contributed by atoms with E-state index < -0.39 is 11.6 Å². The molecule has 0 aromatic heterocycles. The first-order chi connectivity index (χ1) is 8.40. The molecule has 0 amide bonds. The molecule has 0 spiro atoms. The molecule has 8 N–H and O–H groups in total. The number of hydrogen-bond acceptors (Lipinski definition) is 5. The quantitative estimate of drug-likeness (QED) is 0.254. The molecule has 18 heavy (non-hydrogen) atoms. The fourth-order valence-electron chi connectivity index (χ4n) is 1.80. The number of nitrogens with two attached hydrogens (primary N) is 4. The molecule has 0 fully saturated rings. The van der Waals surface area contributed by atoms with Crippen LogP contribution in [0.5, 0.6) is 0 Å². The van der Waals surface area contributed by atoms with Crippen molar-refractivity contribution in [1.29, 1.82) is 0 Å². The van der Waals surface area contributed by atoms with E-state index in [-0.39, 0.29) is 11.5 Å². The third-order valence-electron chi connectivity index (χ3n) is 2.91. The van der Waals surface area contributed by atoms with E-state index >= 15 is 0 Å². The molecule has 1 unspecified atom stereocenters. The number of rotatable bonds is 2. The first-order valence-corrected chi connectivity index (χ1v) is 5.55. The second kappa shape index (κ2) is 4.29. The fraction of sp³-hybridized carbons (Fsp3) is 0.154. The molecule has 1 aromatic carbocycles. The summed E-state index contributed by atoms with van der Waals surface area (Å²) in [4.78, 5) is 12.2. The van der Waals surface area contributed by atoms with E-state index in [2.05, 4.69) is 0 Å². The lowest BCUT2D eigenvalue weighted by Gasteiger charge is -2.26. The average Bonchev–Trinajstić information content (AvgIpc) is 2.32. The summed E-state index contributed by atoms with van der Waals surface area (Å²) in [5, 5.41) is 0. The Bertz CT molecular complexity index is 546. The van der Waals surface area contributed by atoms with Gasteiger partial charge in [-0.3, -0.25) is 4.79 Å². The molecule has 1 atom stereocenters. The largest absolute Gasteiger partial charge is 0.399 e. The Morgan fingerprint density at radius 1 is 1.22 bits per heavy atom. The first kappa shape index (κ1) is 12.3. The van der Waals surface area contributed by atoms with E-state index in [9.17, 15) is 4.79 Å². The van der Waals surface area contributed by atoms with Crippen LogP contribution in [-0.2, 0) is 0 Å². The van der Waals surface area contributed by atoms with Crippen molar-refractivity contribution in [3.05, 3.63) is 53.8 Å². The van der Waals surface area contributed by atoms with Crippen molar-refractivity contribution in [2.45, 2.75) is 5.66 Å². The zero-order chi connectivity index (χ0) is 13.3. The van der Waals surface area contributed by atoms with Crippen molar-refractivity contribution in [2.24, 2.45) is 23.1 Å².